The van der Waals surface area contributed by atoms with Gasteiger partial charge < -0.3 is 5.11 Å². The van der Waals surface area contributed by atoms with Gasteiger partial charge in [0.25, 0.3) is 0 Å². The Hall–Kier alpha value is -1.35. The van der Waals surface area contributed by atoms with E-state index in [2.05, 4.69) is 45.0 Å². The Morgan fingerprint density at radius 2 is 1.78 bits per heavy atom. The van der Waals surface area contributed by atoms with E-state index in [0.717, 1.165) is 5.56 Å². The Morgan fingerprint density at radius 1 is 1.28 bits per heavy atom. The van der Waals surface area contributed by atoms with E-state index >= 15 is 0 Å². The van der Waals surface area contributed by atoms with E-state index in [1.54, 1.807) is 6.92 Å². The molecule has 18 heavy (non-hydrogen) atoms. The molecule has 0 amide bonds. The lowest BCUT2D eigenvalue weighted by Crippen LogP contribution is -2.35. The minimum Gasteiger partial charge on any atom is -0.480 e. The number of likely N-dealkylation sites (N-methyl/N-ethyl adjacent to an activating group) is 1. The van der Waals surface area contributed by atoms with E-state index in [1.807, 2.05) is 11.9 Å². The van der Waals surface area contributed by atoms with Crippen molar-refractivity contribution in [1.29, 1.82) is 0 Å². The number of nitrogens with zero attached hydrogens (tertiary/aromatic N) is 1. The van der Waals surface area contributed by atoms with Gasteiger partial charge in [0.05, 0.1) is 0 Å². The zero-order valence-electron chi connectivity index (χ0n) is 11.9. The van der Waals surface area contributed by atoms with Crippen LogP contribution in [-0.2, 0) is 16.8 Å². The molecular formula is C15H23NO2. The van der Waals surface area contributed by atoms with E-state index in [9.17, 15) is 4.79 Å². The van der Waals surface area contributed by atoms with Crippen molar-refractivity contribution >= 4 is 5.97 Å². The first-order chi connectivity index (χ1) is 8.21. The first-order valence-corrected chi connectivity index (χ1v) is 6.24. The molecule has 0 aromatic heterocycles. The second kappa shape index (κ2) is 5.53. The fourth-order valence-electron chi connectivity index (χ4n) is 1.72. The highest BCUT2D eigenvalue weighted by molar-refractivity contribution is 5.72. The zero-order chi connectivity index (χ0) is 13.9. The molecule has 1 atom stereocenters. The average Bonchev–Trinajstić information content (AvgIpc) is 2.27. The molecule has 3 nitrogen and oxygen atoms in total. The summed E-state index contributed by atoms with van der Waals surface area (Å²) < 4.78 is 0. The number of aliphatic carboxylic acids is 1. The van der Waals surface area contributed by atoms with E-state index in [4.69, 9.17) is 5.11 Å². The van der Waals surface area contributed by atoms with Crippen LogP contribution in [0.2, 0.25) is 0 Å². The maximum Gasteiger partial charge on any atom is 0.320 e. The van der Waals surface area contributed by atoms with Gasteiger partial charge in [-0.1, -0.05) is 45.0 Å². The third-order valence-electron chi connectivity index (χ3n) is 3.27. The number of carboxylic acids is 1. The molecule has 0 saturated carbocycles. The molecule has 0 aliphatic rings. The number of rotatable bonds is 4. The highest BCUT2D eigenvalue weighted by Gasteiger charge is 2.17. The first kappa shape index (κ1) is 14.7. The van der Waals surface area contributed by atoms with Gasteiger partial charge in [-0.05, 0) is 30.5 Å². The van der Waals surface area contributed by atoms with Crippen molar-refractivity contribution in [2.45, 2.75) is 45.7 Å². The third kappa shape index (κ3) is 3.84. The Kier molecular flexibility index (Phi) is 4.52. The molecule has 0 heterocycles. The molecule has 0 aliphatic carbocycles. The minimum absolute atomic E-state index is 0.152. The standard InChI is InChI=1S/C15H23NO2/c1-11(14(17)18)16(5)10-12-6-8-13(9-7-12)15(2,3)4/h6-9,11H,10H2,1-5H3,(H,17,18). The van der Waals surface area contributed by atoms with Crippen molar-refractivity contribution in [3.8, 4) is 0 Å². The lowest BCUT2D eigenvalue weighted by Gasteiger charge is -2.22. The third-order valence-corrected chi connectivity index (χ3v) is 3.27. The van der Waals surface area contributed by atoms with E-state index < -0.39 is 12.0 Å². The Labute approximate surface area is 109 Å². The van der Waals surface area contributed by atoms with Crippen LogP contribution in [0.5, 0.6) is 0 Å². The summed E-state index contributed by atoms with van der Waals surface area (Å²) in [5.41, 5.74) is 2.58. The number of benzene rings is 1. The first-order valence-electron chi connectivity index (χ1n) is 6.24. The number of carbonyl (C=O) groups is 1. The van der Waals surface area contributed by atoms with Gasteiger partial charge in [0.15, 0.2) is 0 Å². The quantitative estimate of drug-likeness (QED) is 0.892. The molecule has 0 aliphatic heterocycles. The molecule has 1 aromatic carbocycles. The van der Waals surface area contributed by atoms with Gasteiger partial charge in [0, 0.05) is 6.54 Å². The molecule has 0 radical (unpaired) electrons. The summed E-state index contributed by atoms with van der Waals surface area (Å²) in [5.74, 6) is -0.788. The fourth-order valence-corrected chi connectivity index (χ4v) is 1.72. The van der Waals surface area contributed by atoms with Crippen LogP contribution in [0.1, 0.15) is 38.8 Å². The smallest absolute Gasteiger partial charge is 0.320 e. The van der Waals surface area contributed by atoms with Crippen molar-refractivity contribution in [1.82, 2.24) is 4.90 Å². The summed E-state index contributed by atoms with van der Waals surface area (Å²) >= 11 is 0. The Balaban J connectivity index is 2.73. The van der Waals surface area contributed by atoms with Gasteiger partial charge in [-0.2, -0.15) is 0 Å². The average molecular weight is 249 g/mol. The number of hydrogen-bond donors (Lipinski definition) is 1. The molecule has 1 unspecified atom stereocenters. The Bertz CT molecular complexity index is 403. The minimum atomic E-state index is -0.788. The van der Waals surface area contributed by atoms with Gasteiger partial charge in [-0.25, -0.2) is 0 Å². The van der Waals surface area contributed by atoms with Crippen LogP contribution in [0, 0.1) is 0 Å². The van der Waals surface area contributed by atoms with Crippen LogP contribution < -0.4 is 0 Å². The predicted octanol–water partition coefficient (Wildman–Crippen LogP) is 2.89. The second-order valence-electron chi connectivity index (χ2n) is 5.88. The van der Waals surface area contributed by atoms with Gasteiger partial charge in [-0.15, -0.1) is 0 Å². The van der Waals surface area contributed by atoms with Crippen molar-refractivity contribution in [3.05, 3.63) is 35.4 Å². The van der Waals surface area contributed by atoms with Gasteiger partial charge in [0.1, 0.15) is 6.04 Å². The summed E-state index contributed by atoms with van der Waals surface area (Å²) in [6.45, 7) is 8.89. The van der Waals surface area contributed by atoms with Crippen LogP contribution in [0.3, 0.4) is 0 Å². The maximum atomic E-state index is 10.9. The predicted molar refractivity (Wildman–Crippen MR) is 73.7 cm³/mol. The summed E-state index contributed by atoms with van der Waals surface area (Å²) in [6, 6.07) is 7.92. The van der Waals surface area contributed by atoms with Crippen molar-refractivity contribution in [2.75, 3.05) is 7.05 Å². The molecule has 0 fully saturated rings. The molecule has 1 aromatic rings. The summed E-state index contributed by atoms with van der Waals surface area (Å²) in [7, 11) is 1.83. The lowest BCUT2D eigenvalue weighted by atomic mass is 9.87. The normalized spacial score (nSPS) is 13.7. The molecule has 3 heteroatoms. The van der Waals surface area contributed by atoms with E-state index in [-0.39, 0.29) is 5.41 Å². The van der Waals surface area contributed by atoms with Crippen LogP contribution in [-0.4, -0.2) is 29.1 Å². The van der Waals surface area contributed by atoms with Gasteiger partial charge in [-0.3, -0.25) is 9.69 Å². The molecule has 100 valence electrons. The van der Waals surface area contributed by atoms with E-state index in [0.29, 0.717) is 6.54 Å². The van der Waals surface area contributed by atoms with Crippen molar-refractivity contribution < 1.29 is 9.90 Å². The summed E-state index contributed by atoms with van der Waals surface area (Å²) in [5, 5.41) is 8.94. The monoisotopic (exact) mass is 249 g/mol. The zero-order valence-corrected chi connectivity index (χ0v) is 11.9. The lowest BCUT2D eigenvalue weighted by molar-refractivity contribution is -0.142. The van der Waals surface area contributed by atoms with Gasteiger partial charge in [0.2, 0.25) is 0 Å². The topological polar surface area (TPSA) is 40.5 Å². The maximum absolute atomic E-state index is 10.9. The molecule has 0 spiro atoms. The number of carboxylic acid groups (broad SMARTS) is 1. The summed E-state index contributed by atoms with van der Waals surface area (Å²) in [4.78, 5) is 12.7. The highest BCUT2D eigenvalue weighted by atomic mass is 16.4. The van der Waals surface area contributed by atoms with E-state index in [1.165, 1.54) is 5.56 Å². The molecule has 1 rings (SSSR count). The number of hydrogen-bond acceptors (Lipinski definition) is 2. The summed E-state index contributed by atoms with van der Waals surface area (Å²) in [6.07, 6.45) is 0. The molecule has 1 N–H and O–H groups in total. The fraction of sp³-hybridized carbons (Fsp3) is 0.533. The van der Waals surface area contributed by atoms with Gasteiger partial charge >= 0.3 is 5.97 Å². The van der Waals surface area contributed by atoms with Crippen LogP contribution >= 0.6 is 0 Å². The molecule has 0 bridgehead atoms. The molecule has 0 saturated heterocycles. The Morgan fingerprint density at radius 3 is 2.17 bits per heavy atom. The van der Waals surface area contributed by atoms with Crippen LogP contribution in [0.15, 0.2) is 24.3 Å². The highest BCUT2D eigenvalue weighted by Crippen LogP contribution is 2.22. The second-order valence-corrected chi connectivity index (χ2v) is 5.88. The van der Waals surface area contributed by atoms with Crippen molar-refractivity contribution in [3.63, 3.8) is 0 Å². The van der Waals surface area contributed by atoms with Crippen LogP contribution in [0.25, 0.3) is 0 Å². The molecular weight excluding hydrogens is 226 g/mol. The van der Waals surface area contributed by atoms with Crippen LogP contribution in [0.4, 0.5) is 0 Å². The largest absolute Gasteiger partial charge is 0.480 e. The SMILES string of the molecule is CC(C(=O)O)N(C)Cc1ccc(C(C)(C)C)cc1. The van der Waals surface area contributed by atoms with Crippen molar-refractivity contribution in [2.24, 2.45) is 0 Å².